The van der Waals surface area contributed by atoms with Gasteiger partial charge in [0.25, 0.3) is 0 Å². The molecule has 0 aromatic heterocycles. The molecule has 1 aliphatic carbocycles. The number of carbonyl (C=O) groups excluding carboxylic acids is 2. The first-order chi connectivity index (χ1) is 8.13. The first-order valence-corrected chi connectivity index (χ1v) is 6.35. The van der Waals surface area contributed by atoms with Gasteiger partial charge < -0.3 is 15.3 Å². The van der Waals surface area contributed by atoms with E-state index in [2.05, 4.69) is 5.32 Å². The quantitative estimate of drug-likeness (QED) is 0.720. The van der Waals surface area contributed by atoms with Crippen LogP contribution in [-0.2, 0) is 9.59 Å². The van der Waals surface area contributed by atoms with Gasteiger partial charge in [0.05, 0.1) is 6.61 Å². The molecule has 17 heavy (non-hydrogen) atoms. The van der Waals surface area contributed by atoms with Crippen molar-refractivity contribution in [1.82, 2.24) is 10.2 Å². The Hall–Kier alpha value is -1.10. The number of likely N-dealkylation sites (tertiary alicyclic amines) is 1. The second kappa shape index (κ2) is 5.04. The highest BCUT2D eigenvalue weighted by Gasteiger charge is 2.40. The van der Waals surface area contributed by atoms with E-state index in [1.165, 1.54) is 0 Å². The van der Waals surface area contributed by atoms with Crippen LogP contribution in [0.2, 0.25) is 0 Å². The van der Waals surface area contributed by atoms with Crippen molar-refractivity contribution in [3.8, 4) is 0 Å². The van der Waals surface area contributed by atoms with Gasteiger partial charge in [0, 0.05) is 18.5 Å². The van der Waals surface area contributed by atoms with Gasteiger partial charge in [0.15, 0.2) is 0 Å². The van der Waals surface area contributed by atoms with Crippen molar-refractivity contribution in [3.05, 3.63) is 0 Å². The number of carbonyl (C=O) groups is 2. The Morgan fingerprint density at radius 1 is 1.41 bits per heavy atom. The molecule has 0 radical (unpaired) electrons. The summed E-state index contributed by atoms with van der Waals surface area (Å²) in [5, 5.41) is 11.6. The molecule has 2 rings (SSSR count). The van der Waals surface area contributed by atoms with Crippen molar-refractivity contribution in [3.63, 3.8) is 0 Å². The highest BCUT2D eigenvalue weighted by atomic mass is 16.3. The number of amides is 2. The summed E-state index contributed by atoms with van der Waals surface area (Å²) < 4.78 is 0. The second-order valence-corrected chi connectivity index (χ2v) is 5.06. The third-order valence-corrected chi connectivity index (χ3v) is 3.43. The molecule has 1 saturated heterocycles. The van der Waals surface area contributed by atoms with Crippen LogP contribution in [0.3, 0.4) is 0 Å². The molecule has 5 heteroatoms. The molecule has 96 valence electrons. The standard InChI is InChI=1S/C12H20N2O3/c1-8(7-15)13-11(16)10-3-2-6-14(10)12(17)9-4-5-9/h8-10,15H,2-7H2,1H3,(H,13,16)/t8-,10?/m1/s1. The van der Waals surface area contributed by atoms with E-state index in [1.54, 1.807) is 11.8 Å². The lowest BCUT2D eigenvalue weighted by Crippen LogP contribution is -2.49. The van der Waals surface area contributed by atoms with Gasteiger partial charge in [-0.25, -0.2) is 0 Å². The average Bonchev–Trinajstić information content (AvgIpc) is 3.04. The summed E-state index contributed by atoms with van der Waals surface area (Å²) in [7, 11) is 0. The lowest BCUT2D eigenvalue weighted by Gasteiger charge is -2.25. The van der Waals surface area contributed by atoms with Crippen molar-refractivity contribution in [2.24, 2.45) is 5.92 Å². The summed E-state index contributed by atoms with van der Waals surface area (Å²) in [5.41, 5.74) is 0. The summed E-state index contributed by atoms with van der Waals surface area (Å²) in [6, 6.07) is -0.571. The largest absolute Gasteiger partial charge is 0.394 e. The van der Waals surface area contributed by atoms with Gasteiger partial charge in [-0.05, 0) is 32.6 Å². The van der Waals surface area contributed by atoms with Gasteiger partial charge in [0.1, 0.15) is 6.04 Å². The Balaban J connectivity index is 1.93. The van der Waals surface area contributed by atoms with E-state index in [4.69, 9.17) is 5.11 Å². The van der Waals surface area contributed by atoms with Crippen molar-refractivity contribution >= 4 is 11.8 Å². The summed E-state index contributed by atoms with van der Waals surface area (Å²) in [5.74, 6) is 0.177. The van der Waals surface area contributed by atoms with Crippen LogP contribution in [-0.4, -0.2) is 47.1 Å². The molecule has 2 amide bonds. The summed E-state index contributed by atoms with van der Waals surface area (Å²) in [4.78, 5) is 25.7. The lowest BCUT2D eigenvalue weighted by atomic mass is 10.2. The summed E-state index contributed by atoms with van der Waals surface area (Å²) in [6.07, 6.45) is 3.57. The van der Waals surface area contributed by atoms with Crippen LogP contribution in [0.5, 0.6) is 0 Å². The molecule has 0 bridgehead atoms. The van der Waals surface area contributed by atoms with Crippen LogP contribution in [0.15, 0.2) is 0 Å². The first-order valence-electron chi connectivity index (χ1n) is 6.35. The van der Waals surface area contributed by atoms with Crippen LogP contribution >= 0.6 is 0 Å². The first kappa shape index (κ1) is 12.4. The number of rotatable bonds is 4. The Labute approximate surface area is 101 Å². The van der Waals surface area contributed by atoms with E-state index >= 15 is 0 Å². The predicted octanol–water partition coefficient (Wildman–Crippen LogP) is -0.116. The lowest BCUT2D eigenvalue weighted by molar-refractivity contribution is -0.139. The van der Waals surface area contributed by atoms with E-state index in [-0.39, 0.29) is 36.4 Å². The molecule has 1 unspecified atom stereocenters. The molecule has 2 fully saturated rings. The van der Waals surface area contributed by atoms with Crippen molar-refractivity contribution < 1.29 is 14.7 Å². The highest BCUT2D eigenvalue weighted by molar-refractivity contribution is 5.90. The van der Waals surface area contributed by atoms with Crippen molar-refractivity contribution in [1.29, 1.82) is 0 Å². The van der Waals surface area contributed by atoms with Crippen LogP contribution < -0.4 is 5.32 Å². The number of hydrogen-bond acceptors (Lipinski definition) is 3. The Morgan fingerprint density at radius 2 is 2.12 bits per heavy atom. The van der Waals surface area contributed by atoms with Crippen LogP contribution in [0, 0.1) is 5.92 Å². The molecule has 0 aromatic carbocycles. The fourth-order valence-electron chi connectivity index (χ4n) is 2.25. The van der Waals surface area contributed by atoms with E-state index < -0.39 is 0 Å². The van der Waals surface area contributed by atoms with E-state index in [9.17, 15) is 9.59 Å². The molecule has 5 nitrogen and oxygen atoms in total. The minimum absolute atomic E-state index is 0.0744. The fourth-order valence-corrected chi connectivity index (χ4v) is 2.25. The minimum Gasteiger partial charge on any atom is -0.394 e. The minimum atomic E-state index is -0.322. The van der Waals surface area contributed by atoms with Crippen molar-refractivity contribution in [2.45, 2.75) is 44.7 Å². The number of aliphatic hydroxyl groups is 1. The molecule has 2 aliphatic rings. The molecule has 1 heterocycles. The van der Waals surface area contributed by atoms with Crippen LogP contribution in [0.4, 0.5) is 0 Å². The SMILES string of the molecule is C[C@H](CO)NC(=O)C1CCCN1C(=O)C1CC1. The zero-order chi connectivity index (χ0) is 12.4. The molecular formula is C12H20N2O3. The summed E-state index contributed by atoms with van der Waals surface area (Å²) in [6.45, 7) is 2.37. The Bertz CT molecular complexity index is 315. The van der Waals surface area contributed by atoms with Crippen molar-refractivity contribution in [2.75, 3.05) is 13.2 Å². The van der Waals surface area contributed by atoms with Gasteiger partial charge in [-0.15, -0.1) is 0 Å². The zero-order valence-corrected chi connectivity index (χ0v) is 10.2. The van der Waals surface area contributed by atoms with Crippen LogP contribution in [0.25, 0.3) is 0 Å². The maximum absolute atomic E-state index is 12.0. The predicted molar refractivity (Wildman–Crippen MR) is 62.1 cm³/mol. The van der Waals surface area contributed by atoms with Gasteiger partial charge >= 0.3 is 0 Å². The third-order valence-electron chi connectivity index (χ3n) is 3.43. The Morgan fingerprint density at radius 3 is 2.71 bits per heavy atom. The van der Waals surface area contributed by atoms with Gasteiger partial charge in [-0.1, -0.05) is 0 Å². The van der Waals surface area contributed by atoms with Crippen LogP contribution in [0.1, 0.15) is 32.6 Å². The number of hydrogen-bond donors (Lipinski definition) is 2. The molecule has 2 N–H and O–H groups in total. The molecule has 1 saturated carbocycles. The smallest absolute Gasteiger partial charge is 0.243 e. The number of nitrogens with zero attached hydrogens (tertiary/aromatic N) is 1. The maximum Gasteiger partial charge on any atom is 0.243 e. The third kappa shape index (κ3) is 2.77. The van der Waals surface area contributed by atoms with E-state index in [0.717, 1.165) is 25.7 Å². The maximum atomic E-state index is 12.0. The zero-order valence-electron chi connectivity index (χ0n) is 10.2. The average molecular weight is 240 g/mol. The van der Waals surface area contributed by atoms with E-state index in [0.29, 0.717) is 6.54 Å². The molecule has 0 spiro atoms. The van der Waals surface area contributed by atoms with Gasteiger partial charge in [0.2, 0.25) is 11.8 Å². The molecule has 0 aromatic rings. The normalized spacial score (nSPS) is 25.8. The number of aliphatic hydroxyl groups excluding tert-OH is 1. The molecule has 1 aliphatic heterocycles. The van der Waals surface area contributed by atoms with Gasteiger partial charge in [-0.2, -0.15) is 0 Å². The molecule has 2 atom stereocenters. The topological polar surface area (TPSA) is 69.6 Å². The Kier molecular flexibility index (Phi) is 3.66. The van der Waals surface area contributed by atoms with E-state index in [1.807, 2.05) is 0 Å². The monoisotopic (exact) mass is 240 g/mol. The highest BCUT2D eigenvalue weighted by Crippen LogP contribution is 2.33. The number of nitrogens with one attached hydrogen (secondary N) is 1. The fraction of sp³-hybridized carbons (Fsp3) is 0.833. The summed E-state index contributed by atoms with van der Waals surface area (Å²) >= 11 is 0. The molecular weight excluding hydrogens is 220 g/mol. The van der Waals surface area contributed by atoms with Gasteiger partial charge in [-0.3, -0.25) is 9.59 Å². The second-order valence-electron chi connectivity index (χ2n) is 5.06.